The van der Waals surface area contributed by atoms with Crippen molar-refractivity contribution >= 4 is 11.4 Å². The van der Waals surface area contributed by atoms with Crippen molar-refractivity contribution < 1.29 is 13.9 Å². The molecule has 2 bridgehead atoms. The zero-order valence-corrected chi connectivity index (χ0v) is 19.6. The molecule has 0 unspecified atom stereocenters. The van der Waals surface area contributed by atoms with E-state index in [1.807, 2.05) is 0 Å². The molecule has 1 aliphatic heterocycles. The Kier molecular flexibility index (Phi) is 4.73. The predicted molar refractivity (Wildman–Crippen MR) is 126 cm³/mol. The lowest BCUT2D eigenvalue weighted by molar-refractivity contribution is 0.242. The summed E-state index contributed by atoms with van der Waals surface area (Å²) in [6.07, 6.45) is 4.88. The summed E-state index contributed by atoms with van der Waals surface area (Å²) in [5.74, 6) is -1.18. The van der Waals surface area contributed by atoms with E-state index in [2.05, 4.69) is 39.2 Å². The zero-order chi connectivity index (χ0) is 24.5. The van der Waals surface area contributed by atoms with Gasteiger partial charge in [0, 0.05) is 12.6 Å². The lowest BCUT2D eigenvalue weighted by Gasteiger charge is -2.37. The second kappa shape index (κ2) is 7.52. The van der Waals surface area contributed by atoms with Crippen LogP contribution < -0.4 is 0 Å². The first-order chi connectivity index (χ1) is 16.7. The molecule has 9 heteroatoms. The number of hydrogen-bond donors (Lipinski definition) is 1. The number of hydrogen-bond acceptors (Lipinski definition) is 7. The zero-order valence-electron chi connectivity index (χ0n) is 19.6. The van der Waals surface area contributed by atoms with Crippen molar-refractivity contribution in [1.29, 1.82) is 0 Å². The number of aromatic nitrogens is 4. The van der Waals surface area contributed by atoms with E-state index in [1.54, 1.807) is 25.4 Å². The highest BCUT2D eigenvalue weighted by Gasteiger charge is 2.65. The monoisotopic (exact) mass is 474 g/mol. The number of aliphatic hydroxyl groups excluding tert-OH is 1. The van der Waals surface area contributed by atoms with E-state index >= 15 is 0 Å². The molecule has 1 saturated carbocycles. The van der Waals surface area contributed by atoms with Crippen molar-refractivity contribution in [3.05, 3.63) is 70.9 Å². The van der Waals surface area contributed by atoms with Crippen molar-refractivity contribution in [1.82, 2.24) is 20.2 Å². The fraction of sp³-hybridized carbons (Fsp3) is 0.385. The summed E-state index contributed by atoms with van der Waals surface area (Å²) in [5.41, 5.74) is 3.62. The van der Waals surface area contributed by atoms with Crippen LogP contribution in [0.25, 0.3) is 11.3 Å². The van der Waals surface area contributed by atoms with Crippen LogP contribution in [0.15, 0.2) is 46.9 Å². The summed E-state index contributed by atoms with van der Waals surface area (Å²) in [4.78, 5) is 9.45. The van der Waals surface area contributed by atoms with Crippen molar-refractivity contribution in [3.63, 3.8) is 0 Å². The summed E-state index contributed by atoms with van der Waals surface area (Å²) in [5, 5.41) is 27.0. The molecule has 178 valence electrons. The Morgan fingerprint density at radius 1 is 1.06 bits per heavy atom. The molecule has 0 saturated heterocycles. The molecule has 1 N–H and O–H groups in total. The van der Waals surface area contributed by atoms with E-state index in [9.17, 15) is 13.9 Å². The largest absolute Gasteiger partial charge is 0.387 e. The number of halogens is 2. The van der Waals surface area contributed by atoms with Gasteiger partial charge in [-0.15, -0.1) is 5.10 Å². The first-order valence-electron chi connectivity index (χ1n) is 11.7. The molecule has 1 fully saturated rings. The van der Waals surface area contributed by atoms with Gasteiger partial charge in [0.25, 0.3) is 0 Å². The maximum absolute atomic E-state index is 14.5. The molecule has 0 amide bonds. The van der Waals surface area contributed by atoms with Gasteiger partial charge in [0.15, 0.2) is 0 Å². The standard InChI is InChI=1S/C26H24F2N6O/c1-13(35)18-10-19(32-31-18)21-11-29-12-22(30-21)26-8-7-15(25(26,2)3)14-9-20(33-34-24(14)26)23-16(27)5-4-6-17(23)28/h4-6,9,11-13,15,35H,7-8,10H2,1-3H3/t13-,15-,26-/m0/s1. The van der Waals surface area contributed by atoms with Crippen LogP contribution in [0.4, 0.5) is 8.78 Å². The molecule has 2 aromatic heterocycles. The number of nitrogens with zero attached hydrogens (tertiary/aromatic N) is 6. The molecular formula is C26H24F2N6O. The summed E-state index contributed by atoms with van der Waals surface area (Å²) >= 11 is 0. The van der Waals surface area contributed by atoms with Gasteiger partial charge in [-0.25, -0.2) is 13.8 Å². The van der Waals surface area contributed by atoms with Gasteiger partial charge < -0.3 is 5.11 Å². The maximum atomic E-state index is 14.5. The summed E-state index contributed by atoms with van der Waals surface area (Å²) < 4.78 is 29.0. The number of benzene rings is 1. The minimum atomic E-state index is -0.675. The van der Waals surface area contributed by atoms with Gasteiger partial charge in [0.05, 0.1) is 51.8 Å². The molecule has 3 atom stereocenters. The third-order valence-corrected chi connectivity index (χ3v) is 8.10. The van der Waals surface area contributed by atoms with Crippen LogP contribution in [0.3, 0.4) is 0 Å². The van der Waals surface area contributed by atoms with E-state index in [4.69, 9.17) is 4.98 Å². The minimum Gasteiger partial charge on any atom is -0.387 e. The first kappa shape index (κ1) is 22.0. The molecule has 6 rings (SSSR count). The Balaban J connectivity index is 1.45. The molecule has 2 aliphatic carbocycles. The molecule has 3 aromatic rings. The van der Waals surface area contributed by atoms with Gasteiger partial charge in [-0.05, 0) is 54.9 Å². The lowest BCUT2D eigenvalue weighted by atomic mass is 9.66. The van der Waals surface area contributed by atoms with Gasteiger partial charge >= 0.3 is 0 Å². The van der Waals surface area contributed by atoms with Crippen LogP contribution in [0.2, 0.25) is 0 Å². The predicted octanol–water partition coefficient (Wildman–Crippen LogP) is 4.34. The SMILES string of the molecule is C[C@H](O)C1=NN=C(c2cncc([C@@]34CC[C@@H](c5cc(-c6c(F)cccc6F)nnc53)C4(C)C)n2)C1. The topological polar surface area (TPSA) is 96.5 Å². The van der Waals surface area contributed by atoms with Crippen LogP contribution in [0, 0.1) is 17.0 Å². The second-order valence-electron chi connectivity index (χ2n) is 10.1. The first-order valence-corrected chi connectivity index (χ1v) is 11.7. The molecule has 3 heterocycles. The van der Waals surface area contributed by atoms with E-state index < -0.39 is 23.2 Å². The van der Waals surface area contributed by atoms with Crippen molar-refractivity contribution in [2.75, 3.05) is 0 Å². The third-order valence-electron chi connectivity index (χ3n) is 8.10. The van der Waals surface area contributed by atoms with E-state index in [-0.39, 0.29) is 22.6 Å². The fourth-order valence-electron chi connectivity index (χ4n) is 6.21. The van der Waals surface area contributed by atoms with E-state index in [0.717, 1.165) is 29.8 Å². The average Bonchev–Trinajstić information content (AvgIpc) is 3.48. The lowest BCUT2D eigenvalue weighted by Crippen LogP contribution is -2.38. The maximum Gasteiger partial charge on any atom is 0.135 e. The molecular weight excluding hydrogens is 450 g/mol. The van der Waals surface area contributed by atoms with E-state index in [1.165, 1.54) is 18.2 Å². The summed E-state index contributed by atoms with van der Waals surface area (Å²) in [7, 11) is 0. The average molecular weight is 475 g/mol. The van der Waals surface area contributed by atoms with Gasteiger partial charge in [-0.2, -0.15) is 15.3 Å². The molecule has 1 aromatic carbocycles. The van der Waals surface area contributed by atoms with Gasteiger partial charge in [0.2, 0.25) is 0 Å². The van der Waals surface area contributed by atoms with E-state index in [0.29, 0.717) is 23.5 Å². The van der Waals surface area contributed by atoms with Crippen molar-refractivity contribution in [2.45, 2.75) is 57.5 Å². The molecule has 7 nitrogen and oxygen atoms in total. The van der Waals surface area contributed by atoms with Crippen LogP contribution >= 0.6 is 0 Å². The third kappa shape index (κ3) is 2.97. The molecule has 35 heavy (non-hydrogen) atoms. The molecule has 0 radical (unpaired) electrons. The van der Waals surface area contributed by atoms with Crippen LogP contribution in [-0.2, 0) is 5.41 Å². The number of fused-ring (bicyclic) bond motifs is 5. The highest BCUT2D eigenvalue weighted by Crippen LogP contribution is 2.69. The summed E-state index contributed by atoms with van der Waals surface area (Å²) in [6.45, 7) is 6.03. The van der Waals surface area contributed by atoms with Gasteiger partial charge in [-0.3, -0.25) is 4.98 Å². The van der Waals surface area contributed by atoms with Gasteiger partial charge in [0.1, 0.15) is 17.3 Å². The minimum absolute atomic E-state index is 0.140. The van der Waals surface area contributed by atoms with Gasteiger partial charge in [-0.1, -0.05) is 19.9 Å². The van der Waals surface area contributed by atoms with Crippen molar-refractivity contribution in [2.24, 2.45) is 15.6 Å². The highest BCUT2D eigenvalue weighted by atomic mass is 19.1. The quantitative estimate of drug-likeness (QED) is 0.607. The van der Waals surface area contributed by atoms with Crippen LogP contribution in [0.1, 0.15) is 68.6 Å². The van der Waals surface area contributed by atoms with Crippen LogP contribution in [0.5, 0.6) is 0 Å². The Labute approximate surface area is 201 Å². The highest BCUT2D eigenvalue weighted by molar-refractivity contribution is 6.15. The Bertz CT molecular complexity index is 1410. The summed E-state index contributed by atoms with van der Waals surface area (Å²) in [6, 6.07) is 5.58. The Morgan fingerprint density at radius 3 is 2.54 bits per heavy atom. The second-order valence-corrected chi connectivity index (χ2v) is 10.1. The van der Waals surface area contributed by atoms with Crippen molar-refractivity contribution in [3.8, 4) is 11.3 Å². The smallest absolute Gasteiger partial charge is 0.135 e. The Morgan fingerprint density at radius 2 is 1.83 bits per heavy atom. The fourth-order valence-corrected chi connectivity index (χ4v) is 6.21. The number of aliphatic hydroxyl groups is 1. The number of rotatable bonds is 4. The Hall–Kier alpha value is -3.46. The molecule has 0 spiro atoms. The van der Waals surface area contributed by atoms with Crippen LogP contribution in [-0.4, -0.2) is 42.8 Å². The molecule has 3 aliphatic rings. The normalized spacial score (nSPS) is 24.8.